The largest absolute Gasteiger partial charge is 0.586 e. The predicted molar refractivity (Wildman–Crippen MR) is 85.3 cm³/mol. The van der Waals surface area contributed by atoms with Gasteiger partial charge in [0, 0.05) is 11.6 Å². The van der Waals surface area contributed by atoms with Crippen LogP contribution in [0.3, 0.4) is 0 Å². The molecule has 0 bridgehead atoms. The minimum atomic E-state index is -3.78. The first kappa shape index (κ1) is 17.0. The molecular formula is C17H12F2N2O6. The number of hydrogen-bond acceptors (Lipinski definition) is 6. The summed E-state index contributed by atoms with van der Waals surface area (Å²) in [6, 6.07) is 6.68. The van der Waals surface area contributed by atoms with E-state index in [1.807, 2.05) is 0 Å². The molecule has 8 nitrogen and oxygen atoms in total. The topological polar surface area (TPSA) is 107 Å². The smallest absolute Gasteiger partial charge is 0.492 e. The van der Waals surface area contributed by atoms with Crippen molar-refractivity contribution in [2.24, 2.45) is 0 Å². The molecule has 1 unspecified atom stereocenters. The summed E-state index contributed by atoms with van der Waals surface area (Å²) in [6.07, 6.45) is -3.78. The Kier molecular flexibility index (Phi) is 3.48. The molecule has 0 aliphatic carbocycles. The molecule has 1 amide bonds. The number of aromatic nitrogens is 1. The second kappa shape index (κ2) is 5.53. The second-order valence-electron chi connectivity index (χ2n) is 6.25. The first-order chi connectivity index (χ1) is 12.7. The van der Waals surface area contributed by atoms with Gasteiger partial charge >= 0.3 is 12.3 Å². The van der Waals surface area contributed by atoms with Gasteiger partial charge in [-0.2, -0.15) is 0 Å². The van der Waals surface area contributed by atoms with Crippen LogP contribution in [0.2, 0.25) is 0 Å². The van der Waals surface area contributed by atoms with Gasteiger partial charge < -0.3 is 24.6 Å². The van der Waals surface area contributed by atoms with Gasteiger partial charge in [-0.25, -0.2) is 9.78 Å². The van der Waals surface area contributed by atoms with Gasteiger partial charge in [0.2, 0.25) is 5.91 Å². The van der Waals surface area contributed by atoms with Crippen LogP contribution in [0.4, 0.5) is 14.6 Å². The lowest BCUT2D eigenvalue weighted by atomic mass is 9.83. The number of nitrogens with one attached hydrogen (secondary N) is 1. The number of carbonyl (C=O) groups is 2. The van der Waals surface area contributed by atoms with Crippen LogP contribution in [-0.4, -0.2) is 34.9 Å². The van der Waals surface area contributed by atoms with Gasteiger partial charge in [-0.05, 0) is 25.1 Å². The molecule has 0 radical (unpaired) electrons. The van der Waals surface area contributed by atoms with Crippen molar-refractivity contribution in [2.45, 2.75) is 18.6 Å². The molecule has 0 saturated heterocycles. The highest BCUT2D eigenvalue weighted by atomic mass is 19.3. The fraction of sp³-hybridized carbons (Fsp3) is 0.235. The third-order valence-corrected chi connectivity index (χ3v) is 4.33. The number of benzene rings is 1. The number of alkyl halides is 2. The maximum Gasteiger partial charge on any atom is 0.586 e. The number of halogens is 2. The Balaban J connectivity index is 1.63. The molecule has 1 aromatic carbocycles. The molecule has 0 saturated carbocycles. The molecule has 10 heteroatoms. The average molecular weight is 378 g/mol. The lowest BCUT2D eigenvalue weighted by Crippen LogP contribution is -2.39. The van der Waals surface area contributed by atoms with Gasteiger partial charge in [-0.15, -0.1) is 8.78 Å². The van der Waals surface area contributed by atoms with E-state index >= 15 is 0 Å². The monoisotopic (exact) mass is 378 g/mol. The summed E-state index contributed by atoms with van der Waals surface area (Å²) >= 11 is 0. The van der Waals surface area contributed by atoms with E-state index in [1.165, 1.54) is 30.3 Å². The van der Waals surface area contributed by atoms with Gasteiger partial charge in [-0.1, -0.05) is 6.07 Å². The normalized spacial score (nSPS) is 21.3. The van der Waals surface area contributed by atoms with E-state index in [4.69, 9.17) is 9.84 Å². The Morgan fingerprint density at radius 3 is 2.59 bits per heavy atom. The molecule has 140 valence electrons. The number of hydrogen-bond donors (Lipinski definition) is 2. The molecule has 1 aromatic heterocycles. The number of aromatic carboxylic acids is 1. The highest BCUT2D eigenvalue weighted by Crippen LogP contribution is 2.49. The molecule has 0 fully saturated rings. The number of nitrogens with zero attached hydrogens (tertiary/aromatic N) is 1. The van der Waals surface area contributed by atoms with Crippen LogP contribution in [0.15, 0.2) is 30.3 Å². The van der Waals surface area contributed by atoms with Crippen molar-refractivity contribution in [3.63, 3.8) is 0 Å². The Morgan fingerprint density at radius 1 is 1.19 bits per heavy atom. The minimum Gasteiger partial charge on any atom is -0.492 e. The van der Waals surface area contributed by atoms with E-state index in [1.54, 1.807) is 6.92 Å². The highest BCUT2D eigenvalue weighted by Gasteiger charge is 2.48. The fourth-order valence-electron chi connectivity index (χ4n) is 2.89. The zero-order valence-corrected chi connectivity index (χ0v) is 13.8. The van der Waals surface area contributed by atoms with E-state index in [2.05, 4.69) is 19.8 Å². The van der Waals surface area contributed by atoms with Crippen molar-refractivity contribution in [2.75, 3.05) is 11.9 Å². The summed E-state index contributed by atoms with van der Waals surface area (Å²) in [6.45, 7) is 1.52. The Morgan fingerprint density at radius 2 is 1.89 bits per heavy atom. The zero-order valence-electron chi connectivity index (χ0n) is 13.8. The number of anilines is 1. The molecule has 27 heavy (non-hydrogen) atoms. The maximum absolute atomic E-state index is 13.2. The van der Waals surface area contributed by atoms with Crippen LogP contribution in [-0.2, 0) is 10.2 Å². The van der Waals surface area contributed by atoms with Crippen molar-refractivity contribution < 1.29 is 37.7 Å². The van der Waals surface area contributed by atoms with Crippen LogP contribution in [0.25, 0.3) is 0 Å². The molecule has 2 aliphatic heterocycles. The number of rotatable bonds is 3. The van der Waals surface area contributed by atoms with E-state index in [9.17, 15) is 18.4 Å². The quantitative estimate of drug-likeness (QED) is 0.844. The fourth-order valence-corrected chi connectivity index (χ4v) is 2.89. The maximum atomic E-state index is 13.2. The van der Waals surface area contributed by atoms with Crippen LogP contribution < -0.4 is 19.5 Å². The first-order valence-corrected chi connectivity index (χ1v) is 7.77. The van der Waals surface area contributed by atoms with Gasteiger partial charge in [-0.3, -0.25) is 4.79 Å². The van der Waals surface area contributed by atoms with Crippen LogP contribution in [0.1, 0.15) is 23.0 Å². The van der Waals surface area contributed by atoms with Crippen LogP contribution >= 0.6 is 0 Å². The van der Waals surface area contributed by atoms with Crippen molar-refractivity contribution in [3.8, 4) is 17.2 Å². The molecule has 1 atom stereocenters. The van der Waals surface area contributed by atoms with E-state index in [0.29, 0.717) is 5.56 Å². The summed E-state index contributed by atoms with van der Waals surface area (Å²) in [5.74, 6) is -1.89. The van der Waals surface area contributed by atoms with E-state index in [-0.39, 0.29) is 35.4 Å². The van der Waals surface area contributed by atoms with Crippen molar-refractivity contribution in [1.82, 2.24) is 4.98 Å². The number of amides is 1. The summed E-state index contributed by atoms with van der Waals surface area (Å²) in [5, 5.41) is 11.5. The molecule has 2 aromatic rings. The van der Waals surface area contributed by atoms with Gasteiger partial charge in [0.25, 0.3) is 0 Å². The average Bonchev–Trinajstić information content (AvgIpc) is 3.08. The third kappa shape index (κ3) is 2.78. The van der Waals surface area contributed by atoms with E-state index < -0.39 is 23.6 Å². The predicted octanol–water partition coefficient (Wildman–Crippen LogP) is 2.39. The molecule has 2 N–H and O–H groups in total. The first-order valence-electron chi connectivity index (χ1n) is 7.77. The summed E-state index contributed by atoms with van der Waals surface area (Å²) in [4.78, 5) is 27.6. The van der Waals surface area contributed by atoms with E-state index in [0.717, 1.165) is 0 Å². The standard InChI is InChI=1S/C17H12F2N2O6/c1-16(15(24)21-13-4-2-3-9(20-13)14(22)23)7-25-10-6-12-11(5-8(10)16)26-17(18,19)27-12/h2-6H,7H2,1H3,(H,22,23)(H,20,21,24). The SMILES string of the molecule is CC1(C(=O)Nc2cccc(C(=O)O)n2)COc2cc3c(cc21)OC(F)(F)O3. The third-order valence-electron chi connectivity index (χ3n) is 4.33. The lowest BCUT2D eigenvalue weighted by Gasteiger charge is -2.21. The number of carbonyl (C=O) groups excluding carboxylic acids is 1. The Bertz CT molecular complexity index is 980. The summed E-state index contributed by atoms with van der Waals surface area (Å²) in [7, 11) is 0. The van der Waals surface area contributed by atoms with Gasteiger partial charge in [0.1, 0.15) is 23.6 Å². The Hall–Kier alpha value is -3.43. The lowest BCUT2D eigenvalue weighted by molar-refractivity contribution is -0.286. The van der Waals surface area contributed by atoms with Crippen molar-refractivity contribution in [3.05, 3.63) is 41.6 Å². The highest BCUT2D eigenvalue weighted by molar-refractivity contribution is 6.00. The zero-order chi connectivity index (χ0) is 19.4. The number of ether oxygens (including phenoxy) is 3. The number of carboxylic acid groups (broad SMARTS) is 1. The minimum absolute atomic E-state index is 0.0434. The van der Waals surface area contributed by atoms with Gasteiger partial charge in [0.05, 0.1) is 0 Å². The van der Waals surface area contributed by atoms with Crippen LogP contribution in [0, 0.1) is 0 Å². The summed E-state index contributed by atoms with van der Waals surface area (Å²) in [5.41, 5.74) is -1.12. The molecule has 3 heterocycles. The van der Waals surface area contributed by atoms with Crippen LogP contribution in [0.5, 0.6) is 17.2 Å². The molecule has 0 spiro atoms. The van der Waals surface area contributed by atoms with Crippen molar-refractivity contribution in [1.29, 1.82) is 0 Å². The number of pyridine rings is 1. The Labute approximate surface area is 150 Å². The number of fused-ring (bicyclic) bond motifs is 2. The molecule has 2 aliphatic rings. The molecular weight excluding hydrogens is 366 g/mol. The summed E-state index contributed by atoms with van der Waals surface area (Å²) < 4.78 is 40.8. The number of carboxylic acids is 1. The second-order valence-corrected chi connectivity index (χ2v) is 6.25. The van der Waals surface area contributed by atoms with Crippen molar-refractivity contribution >= 4 is 17.7 Å². The molecule has 4 rings (SSSR count). The van der Waals surface area contributed by atoms with Gasteiger partial charge in [0.15, 0.2) is 17.2 Å².